The highest BCUT2D eigenvalue weighted by molar-refractivity contribution is 7.92. The molecule has 1 atom stereocenters. The van der Waals surface area contributed by atoms with E-state index in [-0.39, 0.29) is 12.6 Å². The molecule has 39 heavy (non-hydrogen) atoms. The molecule has 0 aromatic heterocycles. The van der Waals surface area contributed by atoms with Gasteiger partial charge in [0.1, 0.15) is 30.4 Å². The molecule has 2 heterocycles. The van der Waals surface area contributed by atoms with Crippen molar-refractivity contribution in [1.29, 1.82) is 0 Å². The van der Waals surface area contributed by atoms with Crippen LogP contribution in [-0.2, 0) is 15.0 Å². The molecular formula is C29H32N2O7S. The number of fused-ring (bicyclic) bond motifs is 1. The number of aryl methyl sites for hydroxylation is 2. The fraction of sp³-hybridized carbons (Fsp3) is 0.345. The van der Waals surface area contributed by atoms with Crippen molar-refractivity contribution in [2.45, 2.75) is 45.8 Å². The topological polar surface area (TPSA) is 114 Å². The highest BCUT2D eigenvalue weighted by atomic mass is 32.2. The van der Waals surface area contributed by atoms with E-state index in [4.69, 9.17) is 14.2 Å². The van der Waals surface area contributed by atoms with Gasteiger partial charge in [0.15, 0.2) is 6.10 Å². The van der Waals surface area contributed by atoms with Crippen LogP contribution in [0, 0.1) is 13.8 Å². The van der Waals surface area contributed by atoms with E-state index >= 15 is 0 Å². The van der Waals surface area contributed by atoms with Crippen molar-refractivity contribution in [1.82, 2.24) is 4.72 Å². The highest BCUT2D eigenvalue weighted by Gasteiger charge is 2.34. The first-order valence-corrected chi connectivity index (χ1v) is 14.2. The number of amides is 1. The maximum absolute atomic E-state index is 12.1. The third kappa shape index (κ3) is 5.67. The normalized spacial score (nSPS) is 17.9. The molecule has 1 amide bonds. The van der Waals surface area contributed by atoms with E-state index in [9.17, 15) is 18.3 Å². The zero-order chi connectivity index (χ0) is 27.9. The van der Waals surface area contributed by atoms with Gasteiger partial charge in [-0.15, -0.1) is 0 Å². The first-order valence-electron chi connectivity index (χ1n) is 12.7. The summed E-state index contributed by atoms with van der Waals surface area (Å²) < 4.78 is 45.4. The summed E-state index contributed by atoms with van der Waals surface area (Å²) >= 11 is 0. The molecule has 3 aromatic carbocycles. The quantitative estimate of drug-likeness (QED) is 0.430. The van der Waals surface area contributed by atoms with E-state index in [1.807, 2.05) is 48.9 Å². The van der Waals surface area contributed by atoms with Crippen LogP contribution < -0.4 is 23.2 Å². The van der Waals surface area contributed by atoms with Gasteiger partial charge in [-0.05, 0) is 80.8 Å². The molecule has 2 aliphatic heterocycles. The molecule has 2 N–H and O–H groups in total. The number of rotatable bonds is 8. The average molecular weight is 553 g/mol. The van der Waals surface area contributed by atoms with Crippen LogP contribution in [0.4, 0.5) is 5.69 Å². The van der Waals surface area contributed by atoms with E-state index in [1.54, 1.807) is 38.1 Å². The van der Waals surface area contributed by atoms with Gasteiger partial charge in [-0.3, -0.25) is 4.79 Å². The predicted octanol–water partition coefficient (Wildman–Crippen LogP) is 4.20. The summed E-state index contributed by atoms with van der Waals surface area (Å²) in [5.74, 6) is 1.53. The number of carbonyl (C=O) groups is 1. The highest BCUT2D eigenvalue weighted by Crippen LogP contribution is 2.45. The maximum atomic E-state index is 12.1. The Hall–Kier alpha value is -3.76. The van der Waals surface area contributed by atoms with Crippen LogP contribution in [-0.4, -0.2) is 44.8 Å². The van der Waals surface area contributed by atoms with Gasteiger partial charge in [0.05, 0.1) is 17.9 Å². The fourth-order valence-corrected chi connectivity index (χ4v) is 6.04. The molecule has 9 nitrogen and oxygen atoms in total. The lowest BCUT2D eigenvalue weighted by atomic mass is 9.93. The van der Waals surface area contributed by atoms with Gasteiger partial charge in [-0.25, -0.2) is 9.03 Å². The number of nitrogens with one attached hydrogen (secondary N) is 1. The molecule has 5 rings (SSSR count). The number of anilines is 1. The monoisotopic (exact) mass is 552 g/mol. The average Bonchev–Trinajstić information content (AvgIpc) is 3.37. The van der Waals surface area contributed by atoms with E-state index in [1.165, 1.54) is 0 Å². The molecule has 1 saturated heterocycles. The van der Waals surface area contributed by atoms with E-state index in [2.05, 4.69) is 0 Å². The van der Waals surface area contributed by atoms with Crippen molar-refractivity contribution in [2.24, 2.45) is 0 Å². The molecule has 0 saturated carbocycles. The summed E-state index contributed by atoms with van der Waals surface area (Å²) in [6, 6.07) is 16.6. The number of hydrogen-bond donors (Lipinski definition) is 2. The number of benzene rings is 3. The maximum Gasteiger partial charge on any atom is 0.326 e. The van der Waals surface area contributed by atoms with Crippen LogP contribution in [0.1, 0.15) is 43.1 Å². The Morgan fingerprint density at radius 1 is 1.08 bits per heavy atom. The van der Waals surface area contributed by atoms with Gasteiger partial charge >= 0.3 is 10.2 Å². The molecule has 0 bridgehead atoms. The van der Waals surface area contributed by atoms with E-state index in [0.29, 0.717) is 31.1 Å². The van der Waals surface area contributed by atoms with Gasteiger partial charge < -0.3 is 19.3 Å². The summed E-state index contributed by atoms with van der Waals surface area (Å²) in [6.45, 7) is 8.12. The Bertz CT molecular complexity index is 1490. The van der Waals surface area contributed by atoms with Crippen LogP contribution in [0.3, 0.4) is 0 Å². The van der Waals surface area contributed by atoms with Crippen LogP contribution >= 0.6 is 0 Å². The Morgan fingerprint density at radius 2 is 1.77 bits per heavy atom. The summed E-state index contributed by atoms with van der Waals surface area (Å²) in [4.78, 5) is 11.5. The smallest absolute Gasteiger partial charge is 0.326 e. The minimum Gasteiger partial charge on any atom is -0.493 e. The van der Waals surface area contributed by atoms with Crippen molar-refractivity contribution in [3.8, 4) is 28.4 Å². The molecule has 10 heteroatoms. The number of hydrogen-bond acceptors (Lipinski definition) is 7. The van der Waals surface area contributed by atoms with Gasteiger partial charge in [-0.2, -0.15) is 8.42 Å². The Kier molecular flexibility index (Phi) is 6.94. The molecule has 0 aliphatic carbocycles. The molecule has 0 radical (unpaired) electrons. The fourth-order valence-electron chi connectivity index (χ4n) is 4.90. The first kappa shape index (κ1) is 26.8. The zero-order valence-corrected chi connectivity index (χ0v) is 23.2. The molecule has 0 spiro atoms. The Balaban J connectivity index is 1.34. The van der Waals surface area contributed by atoms with Crippen LogP contribution in [0.5, 0.6) is 17.2 Å². The van der Waals surface area contributed by atoms with E-state index in [0.717, 1.165) is 43.6 Å². The van der Waals surface area contributed by atoms with Gasteiger partial charge in [0.2, 0.25) is 0 Å². The summed E-state index contributed by atoms with van der Waals surface area (Å²) in [5.41, 5.74) is 4.68. The summed E-state index contributed by atoms with van der Waals surface area (Å²) in [7, 11) is -3.86. The lowest BCUT2D eigenvalue weighted by Gasteiger charge is -2.19. The van der Waals surface area contributed by atoms with Gasteiger partial charge in [0, 0.05) is 17.5 Å². The van der Waals surface area contributed by atoms with Crippen molar-refractivity contribution >= 4 is 21.8 Å². The van der Waals surface area contributed by atoms with Gasteiger partial charge in [-0.1, -0.05) is 18.2 Å². The molecule has 206 valence electrons. The standard InChI is InChI=1S/C29H32N2O7S/c1-18-14-22(36-13-12-29(3,4)33)15-19(2)27(18)24-7-5-6-23-25(17-37-28(23)24)38-21-10-8-20(9-11-21)31-16-26(32)30-39(31,34)35/h5-11,14-15,25,33H,12-13,16-17H2,1-4H3,(H,30,32)/t25-/m1/s1. The van der Waals surface area contributed by atoms with Crippen LogP contribution in [0.25, 0.3) is 11.1 Å². The molecular weight excluding hydrogens is 520 g/mol. The third-order valence-corrected chi connectivity index (χ3v) is 8.16. The largest absolute Gasteiger partial charge is 0.493 e. The number of aliphatic hydroxyl groups is 1. The lowest BCUT2D eigenvalue weighted by Crippen LogP contribution is -2.29. The SMILES string of the molecule is Cc1cc(OCCC(C)(C)O)cc(C)c1-c1cccc2c1OC[C@H]2Oc1ccc(N2CC(=O)NS2(=O)=O)cc1. The number of ether oxygens (including phenoxy) is 3. The number of carbonyl (C=O) groups excluding carboxylic acids is 1. The van der Waals surface area contributed by atoms with Crippen molar-refractivity contribution in [3.63, 3.8) is 0 Å². The molecule has 3 aromatic rings. The molecule has 2 aliphatic rings. The minimum atomic E-state index is -3.86. The van der Waals surface area contributed by atoms with Crippen LogP contribution in [0.2, 0.25) is 0 Å². The number of para-hydroxylation sites is 1. The zero-order valence-electron chi connectivity index (χ0n) is 22.4. The second-order valence-corrected chi connectivity index (χ2v) is 12.1. The first-order chi connectivity index (χ1) is 18.4. The second kappa shape index (κ2) is 10.1. The molecule has 0 unspecified atom stereocenters. The number of nitrogens with zero attached hydrogens (tertiary/aromatic N) is 1. The summed E-state index contributed by atoms with van der Waals surface area (Å²) in [5, 5.41) is 9.94. The third-order valence-electron chi connectivity index (χ3n) is 6.75. The Morgan fingerprint density at radius 3 is 2.38 bits per heavy atom. The van der Waals surface area contributed by atoms with Crippen molar-refractivity contribution in [2.75, 3.05) is 24.1 Å². The van der Waals surface area contributed by atoms with E-state index < -0.39 is 21.7 Å². The lowest BCUT2D eigenvalue weighted by molar-refractivity contribution is -0.117. The van der Waals surface area contributed by atoms with Crippen molar-refractivity contribution < 1.29 is 32.5 Å². The predicted molar refractivity (Wildman–Crippen MR) is 147 cm³/mol. The minimum absolute atomic E-state index is 0.248. The Labute approximate surface area is 228 Å². The van der Waals surface area contributed by atoms with Crippen molar-refractivity contribution in [3.05, 3.63) is 71.3 Å². The second-order valence-electron chi connectivity index (χ2n) is 10.5. The summed E-state index contributed by atoms with van der Waals surface area (Å²) in [6.07, 6.45) is 0.195. The van der Waals surface area contributed by atoms with Crippen LogP contribution in [0.15, 0.2) is 54.6 Å². The van der Waals surface area contributed by atoms with Gasteiger partial charge in [0.25, 0.3) is 5.91 Å². The molecule has 1 fully saturated rings.